The number of nitrogens with one attached hydrogen (secondary N) is 1. The second-order valence-electron chi connectivity index (χ2n) is 7.37. The van der Waals surface area contributed by atoms with Gasteiger partial charge in [-0.15, -0.1) is 0 Å². The summed E-state index contributed by atoms with van der Waals surface area (Å²) in [5.41, 5.74) is 0.132. The van der Waals surface area contributed by atoms with Crippen molar-refractivity contribution >= 4 is 16.9 Å². The Morgan fingerprint density at radius 3 is 2.66 bits per heavy atom. The number of para-hydroxylation sites is 1. The smallest absolute Gasteiger partial charge is 0.258 e. The molecule has 2 aromatic carbocycles. The van der Waals surface area contributed by atoms with Crippen LogP contribution in [0.2, 0.25) is 0 Å². The topological polar surface area (TPSA) is 77.8 Å². The van der Waals surface area contributed by atoms with Crippen LogP contribution in [0.5, 0.6) is 17.2 Å². The van der Waals surface area contributed by atoms with Crippen molar-refractivity contribution in [2.45, 2.75) is 32.7 Å². The van der Waals surface area contributed by atoms with Crippen LogP contribution in [0.1, 0.15) is 25.5 Å². The first-order valence-electron chi connectivity index (χ1n) is 9.74. The van der Waals surface area contributed by atoms with Crippen LogP contribution < -0.4 is 20.2 Å². The average Bonchev–Trinajstić information content (AvgIpc) is 3.55. The van der Waals surface area contributed by atoms with Crippen LogP contribution in [0.15, 0.2) is 57.7 Å². The molecule has 29 heavy (non-hydrogen) atoms. The molecular formula is C23H23NO5. The van der Waals surface area contributed by atoms with Crippen molar-refractivity contribution in [2.24, 2.45) is 5.92 Å². The van der Waals surface area contributed by atoms with Crippen molar-refractivity contribution in [3.63, 3.8) is 0 Å². The molecule has 0 bridgehead atoms. The van der Waals surface area contributed by atoms with E-state index in [2.05, 4.69) is 5.32 Å². The second-order valence-corrected chi connectivity index (χ2v) is 7.37. The highest BCUT2D eigenvalue weighted by molar-refractivity contribution is 5.80. The summed E-state index contributed by atoms with van der Waals surface area (Å²) < 4.78 is 17.1. The molecular weight excluding hydrogens is 370 g/mol. The van der Waals surface area contributed by atoms with E-state index in [1.54, 1.807) is 37.3 Å². The molecule has 0 aliphatic heterocycles. The van der Waals surface area contributed by atoms with Gasteiger partial charge in [0.2, 0.25) is 11.2 Å². The van der Waals surface area contributed by atoms with Gasteiger partial charge in [0.05, 0.1) is 5.39 Å². The summed E-state index contributed by atoms with van der Waals surface area (Å²) in [6, 6.07) is 14.1. The minimum atomic E-state index is -0.254. The molecule has 3 aromatic rings. The lowest BCUT2D eigenvalue weighted by molar-refractivity contribution is -0.123. The van der Waals surface area contributed by atoms with Gasteiger partial charge < -0.3 is 19.2 Å². The van der Waals surface area contributed by atoms with Gasteiger partial charge in [-0.05, 0) is 56.9 Å². The summed E-state index contributed by atoms with van der Waals surface area (Å²) in [7, 11) is 0. The van der Waals surface area contributed by atoms with E-state index in [0.717, 1.165) is 0 Å². The Kier molecular flexibility index (Phi) is 5.25. The quantitative estimate of drug-likeness (QED) is 0.651. The number of hydrogen-bond donors (Lipinski definition) is 1. The maximum absolute atomic E-state index is 12.8. The fraction of sp³-hybridized carbons (Fsp3) is 0.304. The van der Waals surface area contributed by atoms with Crippen molar-refractivity contribution in [3.8, 4) is 17.2 Å². The molecule has 0 unspecified atom stereocenters. The Bertz CT molecular complexity index is 1090. The van der Waals surface area contributed by atoms with Gasteiger partial charge in [0.1, 0.15) is 22.8 Å². The standard InChI is InChI=1S/C23H23NO5/c1-14(16-8-9-16)24-21(25)13-27-18-10-11-19-20(12-18)28-15(2)23(22(19)26)29-17-6-4-3-5-7-17/h3-7,10-12,14,16H,8-9,13H2,1-2H3,(H,24,25)/t14-/m0/s1. The zero-order valence-corrected chi connectivity index (χ0v) is 16.4. The molecule has 1 saturated carbocycles. The van der Waals surface area contributed by atoms with E-state index in [-0.39, 0.29) is 29.7 Å². The number of amides is 1. The molecule has 1 aromatic heterocycles. The summed E-state index contributed by atoms with van der Waals surface area (Å²) in [6.07, 6.45) is 2.34. The molecule has 1 N–H and O–H groups in total. The molecule has 1 fully saturated rings. The molecule has 0 saturated heterocycles. The fourth-order valence-electron chi connectivity index (χ4n) is 3.24. The predicted molar refractivity (Wildman–Crippen MR) is 110 cm³/mol. The van der Waals surface area contributed by atoms with E-state index in [9.17, 15) is 9.59 Å². The van der Waals surface area contributed by atoms with E-state index in [0.29, 0.717) is 34.1 Å². The number of rotatable bonds is 7. The van der Waals surface area contributed by atoms with Gasteiger partial charge in [-0.1, -0.05) is 18.2 Å². The number of benzene rings is 2. The Balaban J connectivity index is 1.50. The van der Waals surface area contributed by atoms with Crippen molar-refractivity contribution < 1.29 is 18.7 Å². The van der Waals surface area contributed by atoms with Gasteiger partial charge in [-0.2, -0.15) is 0 Å². The molecule has 0 radical (unpaired) electrons. The predicted octanol–water partition coefficient (Wildman–Crippen LogP) is 4.19. The van der Waals surface area contributed by atoms with Crippen molar-refractivity contribution in [1.29, 1.82) is 0 Å². The average molecular weight is 393 g/mol. The van der Waals surface area contributed by atoms with Crippen LogP contribution in [0.4, 0.5) is 0 Å². The van der Waals surface area contributed by atoms with Crippen LogP contribution in [0.3, 0.4) is 0 Å². The molecule has 1 heterocycles. The van der Waals surface area contributed by atoms with Crippen LogP contribution >= 0.6 is 0 Å². The lowest BCUT2D eigenvalue weighted by Gasteiger charge is -2.13. The first-order valence-corrected chi connectivity index (χ1v) is 9.74. The molecule has 1 aliphatic rings. The minimum absolute atomic E-state index is 0.0824. The zero-order valence-electron chi connectivity index (χ0n) is 16.4. The Labute approximate surface area is 168 Å². The summed E-state index contributed by atoms with van der Waals surface area (Å²) in [6.45, 7) is 3.61. The lowest BCUT2D eigenvalue weighted by Crippen LogP contribution is -2.37. The van der Waals surface area contributed by atoms with Crippen LogP contribution in [-0.4, -0.2) is 18.6 Å². The fourth-order valence-corrected chi connectivity index (χ4v) is 3.24. The van der Waals surface area contributed by atoms with Crippen molar-refractivity contribution in [3.05, 3.63) is 64.5 Å². The summed E-state index contributed by atoms with van der Waals surface area (Å²) in [5, 5.41) is 3.33. The molecule has 0 spiro atoms. The third kappa shape index (κ3) is 4.42. The number of aryl methyl sites for hydroxylation is 1. The van der Waals surface area contributed by atoms with Crippen molar-refractivity contribution in [1.82, 2.24) is 5.32 Å². The molecule has 4 rings (SSSR count). The Morgan fingerprint density at radius 2 is 1.93 bits per heavy atom. The Morgan fingerprint density at radius 1 is 1.17 bits per heavy atom. The van der Waals surface area contributed by atoms with E-state index in [1.807, 2.05) is 25.1 Å². The van der Waals surface area contributed by atoms with Gasteiger partial charge in [-0.3, -0.25) is 9.59 Å². The highest BCUT2D eigenvalue weighted by atomic mass is 16.5. The summed E-state index contributed by atoms with van der Waals surface area (Å²) in [4.78, 5) is 24.9. The van der Waals surface area contributed by atoms with E-state index >= 15 is 0 Å². The van der Waals surface area contributed by atoms with Crippen molar-refractivity contribution in [2.75, 3.05) is 6.61 Å². The van der Waals surface area contributed by atoms with Gasteiger partial charge in [0, 0.05) is 12.1 Å². The monoisotopic (exact) mass is 393 g/mol. The van der Waals surface area contributed by atoms with Crippen LogP contribution in [-0.2, 0) is 4.79 Å². The molecule has 6 nitrogen and oxygen atoms in total. The zero-order chi connectivity index (χ0) is 20.4. The summed E-state index contributed by atoms with van der Waals surface area (Å²) in [5.74, 6) is 1.99. The van der Waals surface area contributed by atoms with Crippen LogP contribution in [0.25, 0.3) is 11.0 Å². The maximum Gasteiger partial charge on any atom is 0.258 e. The van der Waals surface area contributed by atoms with Gasteiger partial charge in [0.15, 0.2) is 6.61 Å². The molecule has 6 heteroatoms. The van der Waals surface area contributed by atoms with Crippen LogP contribution in [0, 0.1) is 12.8 Å². The third-order valence-corrected chi connectivity index (χ3v) is 5.04. The molecule has 1 atom stereocenters. The largest absolute Gasteiger partial charge is 0.484 e. The second kappa shape index (κ2) is 7.99. The van der Waals surface area contributed by atoms with E-state index in [4.69, 9.17) is 13.9 Å². The molecule has 1 amide bonds. The number of carbonyl (C=O) groups excluding carboxylic acids is 1. The first kappa shape index (κ1) is 19.1. The van der Waals surface area contributed by atoms with Gasteiger partial charge >= 0.3 is 0 Å². The Hall–Kier alpha value is -3.28. The number of carbonyl (C=O) groups is 1. The third-order valence-electron chi connectivity index (χ3n) is 5.04. The normalized spacial score (nSPS) is 14.4. The van der Waals surface area contributed by atoms with Gasteiger partial charge in [-0.25, -0.2) is 0 Å². The SMILES string of the molecule is Cc1oc2cc(OCC(=O)N[C@@H](C)C3CC3)ccc2c(=O)c1Oc1ccccc1. The number of fused-ring (bicyclic) bond motifs is 1. The highest BCUT2D eigenvalue weighted by Crippen LogP contribution is 2.32. The molecule has 150 valence electrons. The minimum Gasteiger partial charge on any atom is -0.484 e. The molecule has 1 aliphatic carbocycles. The van der Waals surface area contributed by atoms with Gasteiger partial charge in [0.25, 0.3) is 5.91 Å². The van der Waals surface area contributed by atoms with E-state index in [1.165, 1.54) is 12.8 Å². The summed E-state index contributed by atoms with van der Waals surface area (Å²) >= 11 is 0. The number of ether oxygens (including phenoxy) is 2. The first-order chi connectivity index (χ1) is 14.0. The highest BCUT2D eigenvalue weighted by Gasteiger charge is 2.28. The maximum atomic E-state index is 12.8. The lowest BCUT2D eigenvalue weighted by atomic mass is 10.2. The number of hydrogen-bond acceptors (Lipinski definition) is 5. The van der Waals surface area contributed by atoms with E-state index < -0.39 is 0 Å².